The smallest absolute Gasteiger partial charge is 0.416 e. The number of alkyl halides is 3. The molecule has 1 aliphatic rings. The second-order valence-corrected chi connectivity index (χ2v) is 5.56. The average molecular weight is 358 g/mol. The fraction of sp³-hybridized carbons (Fsp3) is 0.444. The SMILES string of the molecule is C=C/C=C\C(=C(/C)C1=CC[C@H](C(=O)OC)[C@@H](C(=O)OC)C1)C(F)(F)F. The lowest BCUT2D eigenvalue weighted by molar-refractivity contribution is -0.157. The Bertz CT molecular complexity index is 627. The summed E-state index contributed by atoms with van der Waals surface area (Å²) >= 11 is 0. The molecule has 0 saturated carbocycles. The zero-order valence-corrected chi connectivity index (χ0v) is 14.4. The number of halogens is 3. The van der Waals surface area contributed by atoms with Gasteiger partial charge in [0.05, 0.1) is 31.6 Å². The van der Waals surface area contributed by atoms with Gasteiger partial charge >= 0.3 is 18.1 Å². The number of carbonyl (C=O) groups excluding carboxylic acids is 2. The number of ether oxygens (including phenoxy) is 2. The molecule has 0 spiro atoms. The van der Waals surface area contributed by atoms with Crippen LogP contribution in [0.25, 0.3) is 0 Å². The summed E-state index contributed by atoms with van der Waals surface area (Å²) in [6.07, 6.45) is 0.454. The van der Waals surface area contributed by atoms with Crippen LogP contribution in [0.4, 0.5) is 13.2 Å². The Morgan fingerprint density at radius 3 is 2.24 bits per heavy atom. The van der Waals surface area contributed by atoms with E-state index >= 15 is 0 Å². The summed E-state index contributed by atoms with van der Waals surface area (Å²) in [4.78, 5) is 23.8. The van der Waals surface area contributed by atoms with Gasteiger partial charge in [-0.1, -0.05) is 24.8 Å². The fourth-order valence-corrected chi connectivity index (χ4v) is 2.78. The summed E-state index contributed by atoms with van der Waals surface area (Å²) in [6.45, 7) is 4.71. The lowest BCUT2D eigenvalue weighted by Gasteiger charge is -2.28. The van der Waals surface area contributed by atoms with E-state index < -0.39 is 35.5 Å². The van der Waals surface area contributed by atoms with E-state index in [0.29, 0.717) is 5.57 Å². The molecular formula is C18H21F3O4. The molecule has 25 heavy (non-hydrogen) atoms. The number of rotatable bonds is 5. The Morgan fingerprint density at radius 1 is 1.20 bits per heavy atom. The first kappa shape index (κ1) is 20.7. The molecule has 0 aliphatic heterocycles. The zero-order chi connectivity index (χ0) is 19.2. The maximum Gasteiger partial charge on any atom is 0.416 e. The predicted molar refractivity (Wildman–Crippen MR) is 86.4 cm³/mol. The summed E-state index contributed by atoms with van der Waals surface area (Å²) in [6, 6.07) is 0. The van der Waals surface area contributed by atoms with Crippen molar-refractivity contribution >= 4 is 11.9 Å². The summed E-state index contributed by atoms with van der Waals surface area (Å²) in [5, 5.41) is 0. The van der Waals surface area contributed by atoms with Crippen molar-refractivity contribution in [3.8, 4) is 0 Å². The summed E-state index contributed by atoms with van der Waals surface area (Å²) in [5.41, 5.74) is -0.460. The maximum absolute atomic E-state index is 13.3. The number of hydrogen-bond donors (Lipinski definition) is 0. The minimum absolute atomic E-state index is 0.00261. The van der Waals surface area contributed by atoms with Gasteiger partial charge in [-0.3, -0.25) is 9.59 Å². The van der Waals surface area contributed by atoms with Gasteiger partial charge in [0.25, 0.3) is 0 Å². The van der Waals surface area contributed by atoms with E-state index in [2.05, 4.69) is 11.3 Å². The van der Waals surface area contributed by atoms with Crippen molar-refractivity contribution in [1.29, 1.82) is 0 Å². The first-order valence-corrected chi connectivity index (χ1v) is 7.59. The molecular weight excluding hydrogens is 337 g/mol. The second-order valence-electron chi connectivity index (χ2n) is 5.56. The number of hydrogen-bond acceptors (Lipinski definition) is 4. The highest BCUT2D eigenvalue weighted by Gasteiger charge is 2.40. The van der Waals surface area contributed by atoms with Gasteiger partial charge in [0.2, 0.25) is 0 Å². The van der Waals surface area contributed by atoms with Crippen molar-refractivity contribution in [1.82, 2.24) is 0 Å². The van der Waals surface area contributed by atoms with Gasteiger partial charge in [-0.25, -0.2) is 0 Å². The largest absolute Gasteiger partial charge is 0.469 e. The van der Waals surface area contributed by atoms with Crippen LogP contribution in [0, 0.1) is 11.8 Å². The molecule has 7 heteroatoms. The molecule has 0 aromatic carbocycles. The lowest BCUT2D eigenvalue weighted by atomic mass is 9.77. The van der Waals surface area contributed by atoms with E-state index in [0.717, 1.165) is 6.08 Å². The van der Waals surface area contributed by atoms with Crippen LogP contribution >= 0.6 is 0 Å². The quantitative estimate of drug-likeness (QED) is 0.552. The van der Waals surface area contributed by atoms with Crippen LogP contribution in [-0.2, 0) is 19.1 Å². The second kappa shape index (κ2) is 8.69. The molecule has 0 saturated heterocycles. The molecule has 1 rings (SSSR count). The number of allylic oxidation sites excluding steroid dienone is 7. The van der Waals surface area contributed by atoms with Crippen LogP contribution in [0.15, 0.2) is 47.6 Å². The van der Waals surface area contributed by atoms with Crippen LogP contribution in [0.3, 0.4) is 0 Å². The first-order valence-electron chi connectivity index (χ1n) is 7.59. The minimum atomic E-state index is -4.55. The third-order valence-corrected chi connectivity index (χ3v) is 4.14. The molecule has 1 aliphatic carbocycles. The Morgan fingerprint density at radius 2 is 1.76 bits per heavy atom. The normalized spacial score (nSPS) is 22.1. The van der Waals surface area contributed by atoms with E-state index in [-0.39, 0.29) is 18.4 Å². The van der Waals surface area contributed by atoms with Crippen molar-refractivity contribution in [2.45, 2.75) is 25.9 Å². The monoisotopic (exact) mass is 358 g/mol. The summed E-state index contributed by atoms with van der Waals surface area (Å²) < 4.78 is 49.3. The Hall–Kier alpha value is -2.31. The van der Waals surface area contributed by atoms with Gasteiger partial charge in [0.1, 0.15) is 0 Å². The van der Waals surface area contributed by atoms with Crippen molar-refractivity contribution in [2.75, 3.05) is 14.2 Å². The molecule has 0 aromatic heterocycles. The molecule has 2 atom stereocenters. The average Bonchev–Trinajstić information content (AvgIpc) is 2.58. The molecule has 0 amide bonds. The van der Waals surface area contributed by atoms with Crippen LogP contribution in [0.1, 0.15) is 19.8 Å². The van der Waals surface area contributed by atoms with Gasteiger partial charge in [-0.05, 0) is 37.0 Å². The van der Waals surface area contributed by atoms with E-state index in [1.54, 1.807) is 6.08 Å². The van der Waals surface area contributed by atoms with Crippen LogP contribution in [0.5, 0.6) is 0 Å². The Kier molecular flexibility index (Phi) is 7.21. The third-order valence-electron chi connectivity index (χ3n) is 4.14. The lowest BCUT2D eigenvalue weighted by Crippen LogP contribution is -2.34. The van der Waals surface area contributed by atoms with Crippen molar-refractivity contribution in [3.63, 3.8) is 0 Å². The number of methoxy groups -OCH3 is 2. The molecule has 0 bridgehead atoms. The van der Waals surface area contributed by atoms with Crippen LogP contribution < -0.4 is 0 Å². The first-order chi connectivity index (χ1) is 11.7. The highest BCUT2D eigenvalue weighted by atomic mass is 19.4. The van der Waals surface area contributed by atoms with Gasteiger partial charge in [0, 0.05) is 0 Å². The van der Waals surface area contributed by atoms with Gasteiger partial charge < -0.3 is 9.47 Å². The van der Waals surface area contributed by atoms with Gasteiger partial charge in [0.15, 0.2) is 0 Å². The summed E-state index contributed by atoms with van der Waals surface area (Å²) in [5.74, 6) is -2.89. The Balaban J connectivity index is 3.32. The fourth-order valence-electron chi connectivity index (χ4n) is 2.78. The molecule has 0 fully saturated rings. The highest BCUT2D eigenvalue weighted by Crippen LogP contribution is 2.39. The Labute approximate surface area is 144 Å². The molecule has 4 nitrogen and oxygen atoms in total. The van der Waals surface area contributed by atoms with E-state index in [1.165, 1.54) is 33.3 Å². The molecule has 0 heterocycles. The summed E-state index contributed by atoms with van der Waals surface area (Å²) in [7, 11) is 2.37. The van der Waals surface area contributed by atoms with Crippen molar-refractivity contribution in [2.24, 2.45) is 11.8 Å². The minimum Gasteiger partial charge on any atom is -0.469 e. The molecule has 0 radical (unpaired) electrons. The van der Waals surface area contributed by atoms with E-state index in [9.17, 15) is 22.8 Å². The number of esters is 2. The molecule has 138 valence electrons. The third kappa shape index (κ3) is 5.08. The zero-order valence-electron chi connectivity index (χ0n) is 14.4. The molecule has 0 N–H and O–H groups in total. The van der Waals surface area contributed by atoms with Crippen LogP contribution in [-0.4, -0.2) is 32.3 Å². The van der Waals surface area contributed by atoms with Crippen molar-refractivity contribution in [3.05, 3.63) is 47.6 Å². The molecule has 0 unspecified atom stereocenters. The van der Waals surface area contributed by atoms with Crippen molar-refractivity contribution < 1.29 is 32.2 Å². The predicted octanol–water partition coefficient (Wildman–Crippen LogP) is 3.91. The topological polar surface area (TPSA) is 52.6 Å². The van der Waals surface area contributed by atoms with E-state index in [1.807, 2.05) is 0 Å². The van der Waals surface area contributed by atoms with E-state index in [4.69, 9.17) is 4.74 Å². The maximum atomic E-state index is 13.3. The van der Waals surface area contributed by atoms with Gasteiger partial charge in [-0.2, -0.15) is 13.2 Å². The standard InChI is InChI=1S/C18H21F3O4/c1-5-6-7-15(18(19,20)21)11(2)12-8-9-13(16(22)24-3)14(10-12)17(23)25-4/h5-8,13-14H,1,9-10H2,2-4H3/b7-6-,15-11-/t13-,14-/m0/s1. The number of carbonyl (C=O) groups is 2. The van der Waals surface area contributed by atoms with Crippen LogP contribution in [0.2, 0.25) is 0 Å². The van der Waals surface area contributed by atoms with Gasteiger partial charge in [-0.15, -0.1) is 0 Å². The highest BCUT2D eigenvalue weighted by molar-refractivity contribution is 5.83. The molecule has 0 aromatic rings.